The Labute approximate surface area is 126 Å². The van der Waals surface area contributed by atoms with Gasteiger partial charge in [-0.05, 0) is 56.1 Å². The Bertz CT molecular complexity index is 497. The van der Waals surface area contributed by atoms with Crippen LogP contribution in [0, 0.1) is 11.8 Å². The van der Waals surface area contributed by atoms with E-state index >= 15 is 0 Å². The Kier molecular flexibility index (Phi) is 4.56. The number of anilines is 1. The molecule has 2 heterocycles. The number of rotatable bonds is 4. The molecule has 0 aromatic heterocycles. The monoisotopic (exact) mass is 287 g/mol. The van der Waals surface area contributed by atoms with E-state index in [0.717, 1.165) is 25.3 Å². The number of likely N-dealkylation sites (tertiary alicyclic amines) is 1. The van der Waals surface area contributed by atoms with E-state index < -0.39 is 0 Å². The maximum atomic E-state index is 12.3. The van der Waals surface area contributed by atoms with Gasteiger partial charge in [-0.3, -0.25) is 9.69 Å². The third-order valence-electron chi connectivity index (χ3n) is 4.65. The van der Waals surface area contributed by atoms with Gasteiger partial charge in [0.1, 0.15) is 0 Å². The van der Waals surface area contributed by atoms with Crippen molar-refractivity contribution < 1.29 is 4.79 Å². The molecule has 1 aromatic rings. The van der Waals surface area contributed by atoms with Gasteiger partial charge in [-0.15, -0.1) is 0 Å². The fourth-order valence-electron chi connectivity index (χ4n) is 3.34. The van der Waals surface area contributed by atoms with Crippen LogP contribution in [-0.2, 0) is 11.3 Å². The second-order valence-electron chi connectivity index (χ2n) is 6.41. The van der Waals surface area contributed by atoms with Gasteiger partial charge in [0.05, 0.1) is 5.92 Å². The molecule has 1 amide bonds. The molecule has 0 unspecified atom stereocenters. The standard InChI is InChI=1S/C17H25N3O/c1-13-10-18-11-16(13)17(21)19-15-6-4-5-14(9-15)12-20-7-2-3-8-20/h4-6,9,13,16,18H,2-3,7-8,10-12H2,1H3,(H,19,21)/t13-,16-/m1/s1. The van der Waals surface area contributed by atoms with Crippen LogP contribution in [-0.4, -0.2) is 37.0 Å². The summed E-state index contributed by atoms with van der Waals surface area (Å²) in [7, 11) is 0. The first-order valence-corrected chi connectivity index (χ1v) is 8.05. The van der Waals surface area contributed by atoms with Crippen LogP contribution in [0.25, 0.3) is 0 Å². The number of amides is 1. The van der Waals surface area contributed by atoms with Crippen molar-refractivity contribution in [3.05, 3.63) is 29.8 Å². The van der Waals surface area contributed by atoms with Gasteiger partial charge in [-0.25, -0.2) is 0 Å². The predicted molar refractivity (Wildman–Crippen MR) is 85.1 cm³/mol. The highest BCUT2D eigenvalue weighted by atomic mass is 16.1. The molecule has 2 fully saturated rings. The SMILES string of the molecule is C[C@@H]1CNC[C@H]1C(=O)Nc1cccc(CN2CCCC2)c1. The van der Waals surface area contributed by atoms with Crippen LogP contribution in [0.4, 0.5) is 5.69 Å². The first-order chi connectivity index (χ1) is 10.2. The van der Waals surface area contributed by atoms with Gasteiger partial charge in [0, 0.05) is 18.8 Å². The van der Waals surface area contributed by atoms with Crippen molar-refractivity contribution in [3.63, 3.8) is 0 Å². The molecule has 2 aliphatic rings. The number of nitrogens with zero attached hydrogens (tertiary/aromatic N) is 1. The van der Waals surface area contributed by atoms with Gasteiger partial charge in [0.15, 0.2) is 0 Å². The molecule has 4 heteroatoms. The van der Waals surface area contributed by atoms with E-state index in [1.807, 2.05) is 12.1 Å². The lowest BCUT2D eigenvalue weighted by Gasteiger charge is -2.17. The molecule has 0 saturated carbocycles. The van der Waals surface area contributed by atoms with Crippen molar-refractivity contribution in [1.29, 1.82) is 0 Å². The van der Waals surface area contributed by atoms with Crippen LogP contribution in [0.2, 0.25) is 0 Å². The lowest BCUT2D eigenvalue weighted by atomic mass is 9.97. The van der Waals surface area contributed by atoms with E-state index in [9.17, 15) is 4.79 Å². The fraction of sp³-hybridized carbons (Fsp3) is 0.588. The maximum Gasteiger partial charge on any atom is 0.229 e. The van der Waals surface area contributed by atoms with E-state index in [0.29, 0.717) is 5.92 Å². The van der Waals surface area contributed by atoms with Crippen molar-refractivity contribution >= 4 is 11.6 Å². The maximum absolute atomic E-state index is 12.3. The molecule has 0 bridgehead atoms. The molecule has 2 saturated heterocycles. The first kappa shape index (κ1) is 14.5. The largest absolute Gasteiger partial charge is 0.326 e. The Balaban J connectivity index is 1.61. The van der Waals surface area contributed by atoms with Crippen molar-refractivity contribution in [3.8, 4) is 0 Å². The van der Waals surface area contributed by atoms with Crippen LogP contribution in [0.5, 0.6) is 0 Å². The minimum atomic E-state index is 0.0900. The van der Waals surface area contributed by atoms with E-state index in [-0.39, 0.29) is 11.8 Å². The number of carbonyl (C=O) groups excluding carboxylic acids is 1. The van der Waals surface area contributed by atoms with Gasteiger partial charge in [-0.1, -0.05) is 19.1 Å². The van der Waals surface area contributed by atoms with Gasteiger partial charge in [0.2, 0.25) is 5.91 Å². The summed E-state index contributed by atoms with van der Waals surface area (Å²) >= 11 is 0. The van der Waals surface area contributed by atoms with Crippen LogP contribution >= 0.6 is 0 Å². The van der Waals surface area contributed by atoms with Gasteiger partial charge in [-0.2, -0.15) is 0 Å². The van der Waals surface area contributed by atoms with Gasteiger partial charge < -0.3 is 10.6 Å². The van der Waals surface area contributed by atoms with Crippen molar-refractivity contribution in [1.82, 2.24) is 10.2 Å². The molecular formula is C17H25N3O. The van der Waals surface area contributed by atoms with E-state index in [4.69, 9.17) is 0 Å². The highest BCUT2D eigenvalue weighted by molar-refractivity contribution is 5.93. The minimum absolute atomic E-state index is 0.0900. The summed E-state index contributed by atoms with van der Waals surface area (Å²) in [6.07, 6.45) is 2.62. The topological polar surface area (TPSA) is 44.4 Å². The Hall–Kier alpha value is -1.39. The summed E-state index contributed by atoms with van der Waals surface area (Å²) in [5, 5.41) is 6.36. The molecule has 114 valence electrons. The number of carbonyl (C=O) groups is 1. The number of hydrogen-bond donors (Lipinski definition) is 2. The summed E-state index contributed by atoms with van der Waals surface area (Å²) in [6.45, 7) is 7.25. The number of benzene rings is 1. The van der Waals surface area contributed by atoms with E-state index in [1.54, 1.807) is 0 Å². The molecular weight excluding hydrogens is 262 g/mol. The lowest BCUT2D eigenvalue weighted by Crippen LogP contribution is -2.27. The Morgan fingerprint density at radius 2 is 2.14 bits per heavy atom. The van der Waals surface area contributed by atoms with Crippen LogP contribution in [0.3, 0.4) is 0 Å². The lowest BCUT2D eigenvalue weighted by molar-refractivity contribution is -0.120. The molecule has 21 heavy (non-hydrogen) atoms. The average molecular weight is 287 g/mol. The summed E-state index contributed by atoms with van der Waals surface area (Å²) in [4.78, 5) is 14.8. The molecule has 4 nitrogen and oxygen atoms in total. The normalized spacial score (nSPS) is 26.1. The first-order valence-electron chi connectivity index (χ1n) is 8.05. The molecule has 3 rings (SSSR count). The molecule has 2 N–H and O–H groups in total. The number of hydrogen-bond acceptors (Lipinski definition) is 3. The summed E-state index contributed by atoms with van der Waals surface area (Å²) < 4.78 is 0. The molecule has 0 spiro atoms. The van der Waals surface area contributed by atoms with Crippen LogP contribution < -0.4 is 10.6 Å². The molecule has 2 aliphatic heterocycles. The third-order valence-corrected chi connectivity index (χ3v) is 4.65. The zero-order valence-corrected chi connectivity index (χ0v) is 12.8. The predicted octanol–water partition coefficient (Wildman–Crippen LogP) is 2.08. The fourth-order valence-corrected chi connectivity index (χ4v) is 3.34. The molecule has 0 aliphatic carbocycles. The van der Waals surface area contributed by atoms with Gasteiger partial charge >= 0.3 is 0 Å². The summed E-state index contributed by atoms with van der Waals surface area (Å²) in [6, 6.07) is 8.28. The highest BCUT2D eigenvalue weighted by Gasteiger charge is 2.29. The van der Waals surface area contributed by atoms with Crippen molar-refractivity contribution in [2.75, 3.05) is 31.5 Å². The van der Waals surface area contributed by atoms with Gasteiger partial charge in [0.25, 0.3) is 0 Å². The Morgan fingerprint density at radius 1 is 1.33 bits per heavy atom. The third kappa shape index (κ3) is 3.63. The minimum Gasteiger partial charge on any atom is -0.326 e. The zero-order valence-electron chi connectivity index (χ0n) is 12.8. The van der Waals surface area contributed by atoms with Crippen molar-refractivity contribution in [2.45, 2.75) is 26.3 Å². The quantitative estimate of drug-likeness (QED) is 0.891. The summed E-state index contributed by atoms with van der Waals surface area (Å²) in [5.74, 6) is 0.649. The smallest absolute Gasteiger partial charge is 0.229 e. The molecule has 2 atom stereocenters. The molecule has 1 aromatic carbocycles. The molecule has 0 radical (unpaired) electrons. The van der Waals surface area contributed by atoms with E-state index in [1.165, 1.54) is 31.5 Å². The summed E-state index contributed by atoms with van der Waals surface area (Å²) in [5.41, 5.74) is 2.21. The number of nitrogens with one attached hydrogen (secondary N) is 2. The van der Waals surface area contributed by atoms with E-state index in [2.05, 4.69) is 34.6 Å². The van der Waals surface area contributed by atoms with Crippen LogP contribution in [0.15, 0.2) is 24.3 Å². The Morgan fingerprint density at radius 3 is 2.86 bits per heavy atom. The zero-order chi connectivity index (χ0) is 14.7. The average Bonchev–Trinajstić information content (AvgIpc) is 3.10. The second kappa shape index (κ2) is 6.58. The second-order valence-corrected chi connectivity index (χ2v) is 6.41. The van der Waals surface area contributed by atoms with Crippen LogP contribution in [0.1, 0.15) is 25.3 Å². The highest BCUT2D eigenvalue weighted by Crippen LogP contribution is 2.20. The van der Waals surface area contributed by atoms with Crippen molar-refractivity contribution in [2.24, 2.45) is 11.8 Å².